The molecular weight excluding hydrogens is 592 g/mol. The van der Waals surface area contributed by atoms with Crippen LogP contribution in [0.5, 0.6) is 0 Å². The first-order chi connectivity index (χ1) is 21.6. The molecule has 7 aliphatic rings. The number of hydrogen-bond acceptors (Lipinski definition) is 9. The third-order valence-corrected chi connectivity index (χ3v) is 15.8. The number of carboxylic acids is 1. The summed E-state index contributed by atoms with van der Waals surface area (Å²) in [4.78, 5) is 25.7. The van der Waals surface area contributed by atoms with Crippen molar-refractivity contribution in [3.05, 3.63) is 11.6 Å². The van der Waals surface area contributed by atoms with Gasteiger partial charge < -0.3 is 39.7 Å². The quantitative estimate of drug-likeness (QED) is 0.213. The Hall–Kier alpha value is -1.56. The van der Waals surface area contributed by atoms with Crippen molar-refractivity contribution in [3.63, 3.8) is 0 Å². The number of aliphatic hydroxyl groups is 4. The average Bonchev–Trinajstić information content (AvgIpc) is 3.61. The van der Waals surface area contributed by atoms with Gasteiger partial charge in [-0.15, -0.1) is 0 Å². The summed E-state index contributed by atoms with van der Waals surface area (Å²) < 4.78 is 17.9. The molecule has 5 N–H and O–H groups in total. The van der Waals surface area contributed by atoms with Crippen molar-refractivity contribution in [2.45, 2.75) is 142 Å². The van der Waals surface area contributed by atoms with Crippen LogP contribution in [0.2, 0.25) is 0 Å². The van der Waals surface area contributed by atoms with Crippen LogP contribution in [-0.2, 0) is 23.8 Å². The van der Waals surface area contributed by atoms with Gasteiger partial charge in [0.1, 0.15) is 30.5 Å². The molecule has 2 spiro atoms. The van der Waals surface area contributed by atoms with E-state index in [1.165, 1.54) is 0 Å². The molecule has 0 aromatic rings. The van der Waals surface area contributed by atoms with Crippen molar-refractivity contribution in [1.29, 1.82) is 0 Å². The summed E-state index contributed by atoms with van der Waals surface area (Å²) in [6.45, 7) is 10.3. The van der Waals surface area contributed by atoms with E-state index in [-0.39, 0.29) is 45.6 Å². The highest BCUT2D eigenvalue weighted by molar-refractivity contribution is 5.88. The average molecular weight is 647 g/mol. The van der Waals surface area contributed by atoms with Crippen molar-refractivity contribution in [2.24, 2.45) is 50.7 Å². The maximum Gasteiger partial charge on any atom is 0.333 e. The molecule has 0 bridgehead atoms. The number of aliphatic hydroxyl groups excluding tert-OH is 4. The molecule has 6 fully saturated rings. The number of rotatable bonds is 6. The number of cyclic esters (lactones) is 1. The van der Waals surface area contributed by atoms with Crippen molar-refractivity contribution in [3.8, 4) is 0 Å². The Balaban J connectivity index is 1.13. The Morgan fingerprint density at radius 3 is 2.33 bits per heavy atom. The highest BCUT2D eigenvalue weighted by atomic mass is 16.7. The van der Waals surface area contributed by atoms with Gasteiger partial charge >= 0.3 is 11.9 Å². The summed E-state index contributed by atoms with van der Waals surface area (Å²) in [5.41, 5.74) is -0.273. The molecule has 16 atom stereocenters. The van der Waals surface area contributed by atoms with E-state index in [0.29, 0.717) is 23.8 Å². The molecule has 10 nitrogen and oxygen atoms in total. The van der Waals surface area contributed by atoms with E-state index in [1.54, 1.807) is 6.92 Å². The Kier molecular flexibility index (Phi) is 7.68. The molecule has 0 unspecified atom stereocenters. The first-order valence-electron chi connectivity index (χ1n) is 17.7. The van der Waals surface area contributed by atoms with Gasteiger partial charge in [-0.1, -0.05) is 26.8 Å². The van der Waals surface area contributed by atoms with Gasteiger partial charge in [0.15, 0.2) is 6.29 Å². The van der Waals surface area contributed by atoms with Gasteiger partial charge in [0, 0.05) is 12.0 Å². The van der Waals surface area contributed by atoms with Gasteiger partial charge in [0.05, 0.1) is 18.1 Å². The van der Waals surface area contributed by atoms with Gasteiger partial charge in [-0.3, -0.25) is 4.79 Å². The smallest absolute Gasteiger partial charge is 0.333 e. The lowest BCUT2D eigenvalue weighted by Gasteiger charge is -2.63. The zero-order chi connectivity index (χ0) is 33.2. The molecular formula is C36H54O10. The predicted molar refractivity (Wildman–Crippen MR) is 165 cm³/mol. The molecule has 0 radical (unpaired) electrons. The van der Waals surface area contributed by atoms with E-state index in [4.69, 9.17) is 14.2 Å². The van der Waals surface area contributed by atoms with Crippen molar-refractivity contribution in [1.82, 2.24) is 0 Å². The third kappa shape index (κ3) is 4.09. The molecule has 5 saturated carbocycles. The lowest BCUT2D eigenvalue weighted by molar-refractivity contribution is -0.326. The topological polar surface area (TPSA) is 163 Å². The number of aliphatic carboxylic acids is 1. The zero-order valence-electron chi connectivity index (χ0n) is 28.0. The number of carbonyl (C=O) groups excluding carboxylic acids is 1. The number of carbonyl (C=O) groups is 2. The Bertz CT molecular complexity index is 1300. The van der Waals surface area contributed by atoms with Gasteiger partial charge in [-0.05, 0) is 117 Å². The normalized spacial score (nSPS) is 55.2. The minimum Gasteiger partial charge on any atom is -0.481 e. The zero-order valence-corrected chi connectivity index (χ0v) is 28.0. The summed E-state index contributed by atoms with van der Waals surface area (Å²) in [7, 11) is 0. The molecule has 0 amide bonds. The predicted octanol–water partition coefficient (Wildman–Crippen LogP) is 3.57. The summed E-state index contributed by atoms with van der Waals surface area (Å²) in [6, 6.07) is 0. The van der Waals surface area contributed by atoms with Gasteiger partial charge in [0.25, 0.3) is 0 Å². The maximum absolute atomic E-state index is 13.3. The standard InChI is InChI=1S/C36H54O10/c1-18-6-7-21(44-29(18)41)19(2)20-10-12-33(4)23-8-9-24-34(5,31(42)43)25(46-30-28(40)27(39)26(38)22(16-37)45-30)11-13-35(24)17-36(23,35)15-14-32(20,33)3/h6,19-28,30,37-40H,7-17H2,1-5H3,(H,42,43)/t19-,20+,21+,22-,23+,24+,25+,26-,27+,28-,30-,32-,33+,34+,35-,36+/m1/s1. The number of hydrogen-bond donors (Lipinski definition) is 5. The number of esters is 1. The molecule has 1 saturated heterocycles. The van der Waals surface area contributed by atoms with Gasteiger partial charge in [-0.2, -0.15) is 0 Å². The second-order valence-electron chi connectivity index (χ2n) is 17.0. The molecule has 5 aliphatic carbocycles. The fraction of sp³-hybridized carbons (Fsp3) is 0.889. The maximum atomic E-state index is 13.3. The van der Waals surface area contributed by atoms with E-state index in [9.17, 15) is 35.1 Å². The molecule has 0 aromatic carbocycles. The van der Waals surface area contributed by atoms with Crippen LogP contribution in [0.15, 0.2) is 11.6 Å². The van der Waals surface area contributed by atoms with E-state index in [1.807, 2.05) is 13.0 Å². The van der Waals surface area contributed by atoms with Crippen LogP contribution in [0.4, 0.5) is 0 Å². The minimum absolute atomic E-state index is 0.0758. The third-order valence-electron chi connectivity index (χ3n) is 15.8. The number of fused-ring (bicyclic) bond motifs is 2. The SMILES string of the molecule is CC1=CC[C@@H]([C@H](C)[C@@H]2CC[C@@]3(C)[C@@H]4CC[C@H]5[C@](C)(C(=O)O)[C@@H](O[C@H]6O[C@H](CO)[C@@H](O)[C@H](O)[C@H]6O)CC[C@@]56C[C@@]46CC[C@]23C)OC1=O. The van der Waals surface area contributed by atoms with E-state index >= 15 is 0 Å². The first kappa shape index (κ1) is 33.0. The first-order valence-corrected chi connectivity index (χ1v) is 17.7. The molecule has 2 aliphatic heterocycles. The van der Waals surface area contributed by atoms with Crippen LogP contribution in [0.1, 0.15) is 98.8 Å². The Morgan fingerprint density at radius 1 is 0.957 bits per heavy atom. The summed E-state index contributed by atoms with van der Waals surface area (Å²) in [6.07, 6.45) is 3.43. The van der Waals surface area contributed by atoms with Gasteiger partial charge in [-0.25, -0.2) is 4.79 Å². The van der Waals surface area contributed by atoms with Crippen LogP contribution in [0.25, 0.3) is 0 Å². The highest BCUT2D eigenvalue weighted by Gasteiger charge is 2.83. The lowest BCUT2D eigenvalue weighted by atomic mass is 9.41. The van der Waals surface area contributed by atoms with Crippen molar-refractivity contribution in [2.75, 3.05) is 6.61 Å². The van der Waals surface area contributed by atoms with Crippen LogP contribution in [-0.4, -0.2) is 87.0 Å². The van der Waals surface area contributed by atoms with Crippen LogP contribution < -0.4 is 0 Å². The van der Waals surface area contributed by atoms with Crippen molar-refractivity contribution >= 4 is 11.9 Å². The molecule has 46 heavy (non-hydrogen) atoms. The fourth-order valence-electron chi connectivity index (χ4n) is 13.0. The Labute approximate surface area is 271 Å². The van der Waals surface area contributed by atoms with Crippen LogP contribution >= 0.6 is 0 Å². The van der Waals surface area contributed by atoms with E-state index in [0.717, 1.165) is 57.8 Å². The highest BCUT2D eigenvalue weighted by Crippen LogP contribution is 2.89. The monoisotopic (exact) mass is 646 g/mol. The molecule has 7 rings (SSSR count). The van der Waals surface area contributed by atoms with Crippen LogP contribution in [0, 0.1) is 50.7 Å². The molecule has 2 heterocycles. The minimum atomic E-state index is -1.58. The van der Waals surface area contributed by atoms with E-state index in [2.05, 4.69) is 20.8 Å². The fourth-order valence-corrected chi connectivity index (χ4v) is 13.0. The van der Waals surface area contributed by atoms with Gasteiger partial charge in [0.2, 0.25) is 0 Å². The molecule has 10 heteroatoms. The summed E-state index contributed by atoms with van der Waals surface area (Å²) >= 11 is 0. The summed E-state index contributed by atoms with van der Waals surface area (Å²) in [5.74, 6) is 0.0206. The molecule has 0 aromatic heterocycles. The summed E-state index contributed by atoms with van der Waals surface area (Å²) in [5, 5.41) is 51.8. The van der Waals surface area contributed by atoms with Crippen LogP contribution in [0.3, 0.4) is 0 Å². The molecule has 258 valence electrons. The van der Waals surface area contributed by atoms with Crippen molar-refractivity contribution < 1.29 is 49.3 Å². The number of ether oxygens (including phenoxy) is 3. The second-order valence-corrected chi connectivity index (χ2v) is 17.0. The lowest BCUT2D eigenvalue weighted by Crippen LogP contribution is -2.63. The Morgan fingerprint density at radius 2 is 1.65 bits per heavy atom. The largest absolute Gasteiger partial charge is 0.481 e. The van der Waals surface area contributed by atoms with E-state index < -0.39 is 54.8 Å². The number of carboxylic acid groups (broad SMARTS) is 1. The second kappa shape index (κ2) is 10.7.